The molecule has 5 atom stereocenters. The van der Waals surface area contributed by atoms with Gasteiger partial charge >= 0.3 is 17.9 Å². The largest absolute Gasteiger partial charge is 0.466 e. The van der Waals surface area contributed by atoms with Crippen molar-refractivity contribution in [3.63, 3.8) is 0 Å². The molecule has 0 radical (unpaired) electrons. The highest BCUT2D eigenvalue weighted by molar-refractivity contribution is 5.94. The number of nitrogens with zero attached hydrogens (tertiary/aromatic N) is 1. The number of anilines is 1. The van der Waals surface area contributed by atoms with Crippen LogP contribution in [0.25, 0.3) is 0 Å². The smallest absolute Gasteiger partial charge is 0.335 e. The molecule has 3 heterocycles. The Morgan fingerprint density at radius 2 is 1.94 bits per heavy atom. The van der Waals surface area contributed by atoms with Gasteiger partial charge in [0.05, 0.1) is 18.1 Å². The highest BCUT2D eigenvalue weighted by Crippen LogP contribution is 2.62. The monoisotopic (exact) mass is 440 g/mol. The van der Waals surface area contributed by atoms with Gasteiger partial charge in [-0.25, -0.2) is 4.79 Å². The van der Waals surface area contributed by atoms with Gasteiger partial charge in [-0.05, 0) is 37.9 Å². The van der Waals surface area contributed by atoms with Crippen LogP contribution in [-0.2, 0) is 34.0 Å². The Morgan fingerprint density at radius 3 is 2.62 bits per heavy atom. The van der Waals surface area contributed by atoms with Crippen molar-refractivity contribution in [2.24, 2.45) is 5.92 Å². The molecular formula is C24H28N2O6. The zero-order valence-electron chi connectivity index (χ0n) is 18.8. The topological polar surface area (TPSA) is 94.2 Å². The van der Waals surface area contributed by atoms with E-state index in [1.807, 2.05) is 18.2 Å². The third-order valence-corrected chi connectivity index (χ3v) is 7.80. The van der Waals surface area contributed by atoms with Crippen molar-refractivity contribution in [1.29, 1.82) is 0 Å². The average molecular weight is 440 g/mol. The lowest BCUT2D eigenvalue weighted by molar-refractivity contribution is -0.206. The van der Waals surface area contributed by atoms with E-state index >= 15 is 0 Å². The molecule has 1 aliphatic carbocycles. The number of ether oxygens (including phenoxy) is 3. The summed E-state index contributed by atoms with van der Waals surface area (Å²) in [7, 11) is 1.36. The van der Waals surface area contributed by atoms with E-state index in [0.717, 1.165) is 24.4 Å². The van der Waals surface area contributed by atoms with Crippen molar-refractivity contribution in [2.45, 2.75) is 56.8 Å². The molecule has 1 unspecified atom stereocenters. The molecule has 170 valence electrons. The normalized spacial score (nSPS) is 33.0. The maximum absolute atomic E-state index is 13.3. The lowest BCUT2D eigenvalue weighted by Crippen LogP contribution is -2.68. The molecule has 0 aromatic heterocycles. The van der Waals surface area contributed by atoms with Gasteiger partial charge in [0.15, 0.2) is 5.60 Å². The number of methoxy groups -OCH3 is 1. The number of esters is 3. The fourth-order valence-corrected chi connectivity index (χ4v) is 6.72. The van der Waals surface area contributed by atoms with E-state index in [1.54, 1.807) is 6.92 Å². The Hall–Kier alpha value is -2.87. The molecule has 1 N–H and O–H groups in total. The second kappa shape index (κ2) is 7.07. The number of carbonyl (C=O) groups excluding carboxylic acids is 3. The summed E-state index contributed by atoms with van der Waals surface area (Å²) in [6.45, 7) is 5.58. The summed E-state index contributed by atoms with van der Waals surface area (Å²) in [6, 6.07) is 8.30. The van der Waals surface area contributed by atoms with E-state index in [-0.39, 0.29) is 11.5 Å². The summed E-state index contributed by atoms with van der Waals surface area (Å²) in [5.41, 5.74) is 1.98. The second-order valence-electron chi connectivity index (χ2n) is 9.25. The Kier molecular flexibility index (Phi) is 4.64. The summed E-state index contributed by atoms with van der Waals surface area (Å²) >= 11 is 0. The Morgan fingerprint density at radius 1 is 1.19 bits per heavy atom. The lowest BCUT2D eigenvalue weighted by Gasteiger charge is -2.56. The molecule has 1 aromatic carbocycles. The molecular weight excluding hydrogens is 412 g/mol. The molecule has 2 fully saturated rings. The van der Waals surface area contributed by atoms with Crippen LogP contribution in [0.15, 0.2) is 35.5 Å². The summed E-state index contributed by atoms with van der Waals surface area (Å²) in [4.78, 5) is 39.8. The van der Waals surface area contributed by atoms with E-state index in [1.165, 1.54) is 26.5 Å². The van der Waals surface area contributed by atoms with Crippen molar-refractivity contribution in [1.82, 2.24) is 4.90 Å². The van der Waals surface area contributed by atoms with Crippen molar-refractivity contribution >= 4 is 23.6 Å². The predicted octanol–water partition coefficient (Wildman–Crippen LogP) is 2.14. The number of benzene rings is 1. The van der Waals surface area contributed by atoms with Crippen LogP contribution in [0.4, 0.5) is 5.69 Å². The average Bonchev–Trinajstić information content (AvgIpc) is 3.29. The summed E-state index contributed by atoms with van der Waals surface area (Å²) in [5, 5.41) is 3.52. The zero-order valence-corrected chi connectivity index (χ0v) is 18.8. The highest BCUT2D eigenvalue weighted by Gasteiger charge is 2.68. The molecule has 4 aliphatic rings. The number of carbonyl (C=O) groups is 3. The third kappa shape index (κ3) is 2.62. The highest BCUT2D eigenvalue weighted by atomic mass is 16.6. The predicted molar refractivity (Wildman–Crippen MR) is 115 cm³/mol. The van der Waals surface area contributed by atoms with Crippen molar-refractivity contribution < 1.29 is 28.6 Å². The summed E-state index contributed by atoms with van der Waals surface area (Å²) in [5.74, 6) is -1.86. The first kappa shape index (κ1) is 21.0. The zero-order chi connectivity index (χ0) is 22.8. The van der Waals surface area contributed by atoms with Crippen LogP contribution in [0.5, 0.6) is 0 Å². The fraction of sp³-hybridized carbons (Fsp3) is 0.542. The number of hydrogen-bond acceptors (Lipinski definition) is 8. The molecule has 32 heavy (non-hydrogen) atoms. The third-order valence-electron chi connectivity index (χ3n) is 7.80. The van der Waals surface area contributed by atoms with Gasteiger partial charge in [0.1, 0.15) is 6.10 Å². The number of para-hydroxylation sites is 1. The van der Waals surface area contributed by atoms with Crippen LogP contribution in [0.3, 0.4) is 0 Å². The van der Waals surface area contributed by atoms with E-state index < -0.39 is 35.5 Å². The minimum Gasteiger partial charge on any atom is -0.466 e. The van der Waals surface area contributed by atoms with Crippen LogP contribution in [-0.4, -0.2) is 60.8 Å². The van der Waals surface area contributed by atoms with Gasteiger partial charge in [0, 0.05) is 43.7 Å². The first-order valence-corrected chi connectivity index (χ1v) is 11.0. The standard InChI is InChI=1S/C24H28N2O6/c1-13(31-14(2)27)24(32-15(3)28)12-26-10-9-23-16-7-5-6-8-18(16)25-21(23)20(22(29)30-4)17(24)11-19(23)26/h5-8,13,17,19,25H,9-12H2,1-4H3/t13?,17-,19+,23-,24-/m1/s1. The maximum atomic E-state index is 13.3. The van der Waals surface area contributed by atoms with Gasteiger partial charge < -0.3 is 19.5 Å². The summed E-state index contributed by atoms with van der Waals surface area (Å²) < 4.78 is 16.8. The van der Waals surface area contributed by atoms with Gasteiger partial charge in [-0.15, -0.1) is 0 Å². The second-order valence-corrected chi connectivity index (χ2v) is 9.25. The number of fused-ring (bicyclic) bond motifs is 2. The molecule has 0 saturated carbocycles. The van der Waals surface area contributed by atoms with E-state index in [4.69, 9.17) is 14.2 Å². The van der Waals surface area contributed by atoms with Crippen LogP contribution in [0.1, 0.15) is 39.2 Å². The SMILES string of the molecule is COC(=O)C1=C2Nc3ccccc3[C@@]23CCN2C[C@@](OC(C)=O)(C(C)OC(C)=O)[C@@H]1C[C@H]23. The van der Waals surface area contributed by atoms with Gasteiger partial charge in [-0.1, -0.05) is 18.2 Å². The molecule has 2 saturated heterocycles. The first-order valence-electron chi connectivity index (χ1n) is 11.0. The quantitative estimate of drug-likeness (QED) is 0.562. The first-order chi connectivity index (χ1) is 15.2. The van der Waals surface area contributed by atoms with Crippen molar-refractivity contribution in [3.05, 3.63) is 41.1 Å². The minimum atomic E-state index is -1.20. The molecule has 5 rings (SSSR count). The maximum Gasteiger partial charge on any atom is 0.335 e. The van der Waals surface area contributed by atoms with Crippen LogP contribution < -0.4 is 5.32 Å². The minimum absolute atomic E-state index is 0.139. The van der Waals surface area contributed by atoms with Crippen LogP contribution >= 0.6 is 0 Å². The number of nitrogens with one attached hydrogen (secondary N) is 1. The fourth-order valence-electron chi connectivity index (χ4n) is 6.72. The number of hydrogen-bond donors (Lipinski definition) is 1. The summed E-state index contributed by atoms with van der Waals surface area (Å²) in [6.07, 6.45) is 0.692. The van der Waals surface area contributed by atoms with Gasteiger partial charge in [0.2, 0.25) is 0 Å². The molecule has 8 nitrogen and oxygen atoms in total. The number of piperidine rings is 1. The van der Waals surface area contributed by atoms with Gasteiger partial charge in [-0.3, -0.25) is 14.5 Å². The lowest BCUT2D eigenvalue weighted by atomic mass is 9.58. The van der Waals surface area contributed by atoms with Crippen LogP contribution in [0, 0.1) is 5.92 Å². The molecule has 1 aromatic rings. The van der Waals surface area contributed by atoms with E-state index in [2.05, 4.69) is 16.3 Å². The number of rotatable bonds is 4. The van der Waals surface area contributed by atoms with E-state index in [0.29, 0.717) is 18.5 Å². The Balaban J connectivity index is 1.76. The molecule has 3 aliphatic heterocycles. The molecule has 0 amide bonds. The Labute approximate surface area is 186 Å². The Bertz CT molecular complexity index is 1050. The van der Waals surface area contributed by atoms with Gasteiger partial charge in [0.25, 0.3) is 0 Å². The van der Waals surface area contributed by atoms with Crippen molar-refractivity contribution in [2.75, 3.05) is 25.5 Å². The molecule has 2 bridgehead atoms. The van der Waals surface area contributed by atoms with Crippen molar-refractivity contribution in [3.8, 4) is 0 Å². The van der Waals surface area contributed by atoms with Crippen LogP contribution in [0.2, 0.25) is 0 Å². The molecule has 8 heteroatoms. The van der Waals surface area contributed by atoms with E-state index in [9.17, 15) is 14.4 Å². The molecule has 1 spiro atoms. The van der Waals surface area contributed by atoms with Gasteiger partial charge in [-0.2, -0.15) is 0 Å².